The van der Waals surface area contributed by atoms with Crippen molar-refractivity contribution in [3.8, 4) is 0 Å². The van der Waals surface area contributed by atoms with E-state index >= 15 is 0 Å². The van der Waals surface area contributed by atoms with E-state index in [4.69, 9.17) is 4.74 Å². The zero-order valence-electron chi connectivity index (χ0n) is 14.1. The van der Waals surface area contributed by atoms with Crippen molar-refractivity contribution in [3.05, 3.63) is 0 Å². The van der Waals surface area contributed by atoms with Crippen LogP contribution in [0.3, 0.4) is 0 Å². The van der Waals surface area contributed by atoms with Gasteiger partial charge in [0, 0.05) is 19.2 Å². The van der Waals surface area contributed by atoms with Crippen LogP contribution in [0.5, 0.6) is 0 Å². The molecule has 0 aromatic carbocycles. The molecule has 0 spiro atoms. The maximum absolute atomic E-state index is 12.5. The molecule has 1 saturated carbocycles. The molecule has 0 aromatic heterocycles. The Morgan fingerprint density at radius 1 is 1.32 bits per heavy atom. The number of hydrogen-bond donors (Lipinski definition) is 0. The number of esters is 1. The number of hydrogen-bond acceptors (Lipinski definition) is 5. The Kier molecular flexibility index (Phi) is 6.91. The number of ketones is 2. The van der Waals surface area contributed by atoms with Crippen LogP contribution in [0.1, 0.15) is 52.9 Å². The lowest BCUT2D eigenvalue weighted by molar-refractivity contribution is -0.159. The number of Topliss-reactive ketones (excluding diaryl/α,β-unsaturated/α-hetero) is 2. The predicted octanol–water partition coefficient (Wildman–Crippen LogP) is 2.61. The van der Waals surface area contributed by atoms with Crippen LogP contribution < -0.4 is 0 Å². The molecule has 0 amide bonds. The van der Waals surface area contributed by atoms with Crippen LogP contribution >= 0.6 is 0 Å². The lowest BCUT2D eigenvalue weighted by Gasteiger charge is -2.37. The topological polar surface area (TPSA) is 72.8 Å². The number of methoxy groups -OCH3 is 1. The third-order valence-electron chi connectivity index (χ3n) is 4.18. The van der Waals surface area contributed by atoms with E-state index in [1.807, 2.05) is 0 Å². The zero-order chi connectivity index (χ0) is 16.8. The number of ether oxygens (including phenoxy) is 1. The monoisotopic (exact) mass is 309 g/mol. The first kappa shape index (κ1) is 18.5. The van der Waals surface area contributed by atoms with Crippen LogP contribution in [0.25, 0.3) is 0 Å². The fourth-order valence-corrected chi connectivity index (χ4v) is 2.90. The molecule has 22 heavy (non-hydrogen) atoms. The van der Waals surface area contributed by atoms with E-state index in [1.165, 1.54) is 13.3 Å². The smallest absolute Gasteiger partial charge is 0.316 e. The highest BCUT2D eigenvalue weighted by molar-refractivity contribution is 6.21. The minimum absolute atomic E-state index is 0.160. The molecule has 1 unspecified atom stereocenters. The second-order valence-electron chi connectivity index (χ2n) is 6.58. The molecule has 0 radical (unpaired) electrons. The van der Waals surface area contributed by atoms with Crippen molar-refractivity contribution in [2.45, 2.75) is 52.9 Å². The molecule has 0 N–H and O–H groups in total. The Bertz CT molecular complexity index is 454. The molecule has 5 nitrogen and oxygen atoms in total. The maximum Gasteiger partial charge on any atom is 0.316 e. The van der Waals surface area contributed by atoms with Gasteiger partial charge in [-0.2, -0.15) is 0 Å². The summed E-state index contributed by atoms with van der Waals surface area (Å²) in [4.78, 5) is 40.8. The highest BCUT2D eigenvalue weighted by Gasteiger charge is 2.51. The van der Waals surface area contributed by atoms with Crippen LogP contribution in [0.2, 0.25) is 0 Å². The number of rotatable bonds is 7. The van der Waals surface area contributed by atoms with E-state index < -0.39 is 23.2 Å². The Balaban J connectivity index is 2.74. The average molecular weight is 309 g/mol. The van der Waals surface area contributed by atoms with Gasteiger partial charge in [0.15, 0.2) is 5.78 Å². The largest absolute Gasteiger partial charge is 0.468 e. The fourth-order valence-electron chi connectivity index (χ4n) is 2.90. The van der Waals surface area contributed by atoms with Crippen molar-refractivity contribution in [2.75, 3.05) is 13.7 Å². The van der Waals surface area contributed by atoms with E-state index in [2.05, 4.69) is 11.9 Å². The third kappa shape index (κ3) is 4.49. The van der Waals surface area contributed by atoms with Gasteiger partial charge in [-0.3, -0.25) is 19.4 Å². The van der Waals surface area contributed by atoms with E-state index in [-0.39, 0.29) is 18.0 Å². The van der Waals surface area contributed by atoms with Crippen molar-refractivity contribution >= 4 is 23.8 Å². The van der Waals surface area contributed by atoms with E-state index in [9.17, 15) is 14.4 Å². The number of unbranched alkanes of at least 4 members (excludes halogenated alkanes) is 3. The van der Waals surface area contributed by atoms with E-state index in [1.54, 1.807) is 13.8 Å². The Morgan fingerprint density at radius 2 is 2.00 bits per heavy atom. The van der Waals surface area contributed by atoms with Gasteiger partial charge in [0.05, 0.1) is 7.11 Å². The van der Waals surface area contributed by atoms with Crippen molar-refractivity contribution in [1.29, 1.82) is 0 Å². The van der Waals surface area contributed by atoms with Gasteiger partial charge in [-0.1, -0.05) is 40.0 Å². The standard InChI is InChI=1S/C17H27NO4/c1-5-6-7-8-9-18-11-12-13(19)10-17(2,3)14(15(12)20)16(21)22-4/h11-12,14H,5-10H2,1-4H3/t12?,14-/m1/s1. The van der Waals surface area contributed by atoms with Gasteiger partial charge >= 0.3 is 5.97 Å². The average Bonchev–Trinajstić information content (AvgIpc) is 2.44. The summed E-state index contributed by atoms with van der Waals surface area (Å²) in [6.07, 6.45) is 5.98. The van der Waals surface area contributed by atoms with E-state index in [0.717, 1.165) is 25.7 Å². The molecule has 1 aliphatic rings. The molecule has 0 heterocycles. The summed E-state index contributed by atoms with van der Waals surface area (Å²) >= 11 is 0. The highest BCUT2D eigenvalue weighted by Crippen LogP contribution is 2.39. The minimum Gasteiger partial charge on any atom is -0.468 e. The Morgan fingerprint density at radius 3 is 2.59 bits per heavy atom. The van der Waals surface area contributed by atoms with Crippen molar-refractivity contribution in [3.63, 3.8) is 0 Å². The maximum atomic E-state index is 12.5. The molecule has 1 aliphatic carbocycles. The lowest BCUT2D eigenvalue weighted by Crippen LogP contribution is -2.50. The van der Waals surface area contributed by atoms with Crippen LogP contribution in [0.15, 0.2) is 4.99 Å². The normalized spacial score (nSPS) is 24.7. The molecular weight excluding hydrogens is 282 g/mol. The van der Waals surface area contributed by atoms with Gasteiger partial charge in [-0.15, -0.1) is 0 Å². The van der Waals surface area contributed by atoms with Crippen LogP contribution in [-0.4, -0.2) is 37.4 Å². The molecule has 1 rings (SSSR count). The highest BCUT2D eigenvalue weighted by atomic mass is 16.5. The van der Waals surface area contributed by atoms with Gasteiger partial charge in [-0.05, 0) is 11.8 Å². The number of carbonyl (C=O) groups excluding carboxylic acids is 3. The molecule has 5 heteroatoms. The summed E-state index contributed by atoms with van der Waals surface area (Å²) in [6.45, 7) is 6.26. The third-order valence-corrected chi connectivity index (χ3v) is 4.18. The first-order valence-corrected chi connectivity index (χ1v) is 7.99. The van der Waals surface area contributed by atoms with Gasteiger partial charge in [0.2, 0.25) is 0 Å². The lowest BCUT2D eigenvalue weighted by atomic mass is 9.64. The van der Waals surface area contributed by atoms with Crippen molar-refractivity contribution in [2.24, 2.45) is 22.2 Å². The molecule has 0 saturated heterocycles. The molecule has 0 bridgehead atoms. The minimum atomic E-state index is -0.900. The zero-order valence-corrected chi connectivity index (χ0v) is 14.1. The van der Waals surface area contributed by atoms with Crippen LogP contribution in [0.4, 0.5) is 0 Å². The summed E-state index contributed by atoms with van der Waals surface area (Å²) in [7, 11) is 1.26. The number of nitrogens with zero attached hydrogens (tertiary/aromatic N) is 1. The Hall–Kier alpha value is -1.52. The van der Waals surface area contributed by atoms with Gasteiger partial charge in [-0.25, -0.2) is 0 Å². The van der Waals surface area contributed by atoms with Gasteiger partial charge < -0.3 is 4.74 Å². The Labute approximate surface area is 132 Å². The quantitative estimate of drug-likeness (QED) is 0.313. The first-order chi connectivity index (χ1) is 10.3. The second kappa shape index (κ2) is 8.20. The summed E-state index contributed by atoms with van der Waals surface area (Å²) < 4.78 is 4.73. The molecule has 1 fully saturated rings. The van der Waals surface area contributed by atoms with E-state index in [0.29, 0.717) is 6.54 Å². The molecule has 0 aromatic rings. The summed E-state index contributed by atoms with van der Waals surface area (Å²) in [5.41, 5.74) is -0.702. The molecule has 2 atom stereocenters. The number of aliphatic imine (C=N–C) groups is 1. The molecular formula is C17H27NO4. The first-order valence-electron chi connectivity index (χ1n) is 7.99. The van der Waals surface area contributed by atoms with Gasteiger partial charge in [0.1, 0.15) is 17.6 Å². The van der Waals surface area contributed by atoms with Crippen LogP contribution in [0, 0.1) is 17.3 Å². The fraction of sp³-hybridized carbons (Fsp3) is 0.765. The molecule has 0 aliphatic heterocycles. The number of carbonyl (C=O) groups is 3. The predicted molar refractivity (Wildman–Crippen MR) is 84.9 cm³/mol. The van der Waals surface area contributed by atoms with Crippen LogP contribution in [-0.2, 0) is 19.1 Å². The molecule has 124 valence electrons. The SMILES string of the molecule is CCCCCCN=CC1C(=O)CC(C)(C)[C@@H](C(=O)OC)C1=O. The summed E-state index contributed by atoms with van der Waals surface area (Å²) in [6, 6.07) is 0. The van der Waals surface area contributed by atoms with Crippen molar-refractivity contribution in [1.82, 2.24) is 0 Å². The second-order valence-corrected chi connectivity index (χ2v) is 6.58. The summed E-state index contributed by atoms with van der Waals surface area (Å²) in [5, 5.41) is 0. The summed E-state index contributed by atoms with van der Waals surface area (Å²) in [5.74, 6) is -2.91. The van der Waals surface area contributed by atoms with Gasteiger partial charge in [0.25, 0.3) is 0 Å². The van der Waals surface area contributed by atoms with Crippen molar-refractivity contribution < 1.29 is 19.1 Å².